The third-order valence-corrected chi connectivity index (χ3v) is 4.55. The number of hydroxylamine groups is 1. The first-order chi connectivity index (χ1) is 13.4. The van der Waals surface area contributed by atoms with E-state index in [-0.39, 0.29) is 25.5 Å². The molecule has 3 N–H and O–H groups in total. The first kappa shape index (κ1) is 21.4. The molecule has 1 aliphatic heterocycles. The molecule has 2 rings (SSSR count). The summed E-state index contributed by atoms with van der Waals surface area (Å²) in [4.78, 5) is 49.2. The van der Waals surface area contributed by atoms with E-state index < -0.39 is 29.7 Å². The van der Waals surface area contributed by atoms with Crippen LogP contribution in [-0.4, -0.2) is 52.9 Å². The maximum Gasteiger partial charge on any atom is 0.329 e. The largest absolute Gasteiger partial charge is 0.459 e. The molecule has 2 unspecified atom stereocenters. The van der Waals surface area contributed by atoms with Crippen molar-refractivity contribution in [3.63, 3.8) is 0 Å². The number of esters is 1. The number of rotatable bonds is 8. The Morgan fingerprint density at radius 2 is 1.96 bits per heavy atom. The van der Waals surface area contributed by atoms with E-state index in [1.54, 1.807) is 0 Å². The molecule has 1 fully saturated rings. The lowest BCUT2D eigenvalue weighted by Gasteiger charge is -2.23. The monoisotopic (exact) mass is 391 g/mol. The number of nitrogens with zero attached hydrogens (tertiary/aromatic N) is 1. The van der Waals surface area contributed by atoms with Gasteiger partial charge in [0.15, 0.2) is 0 Å². The molecule has 1 aromatic rings. The van der Waals surface area contributed by atoms with Crippen LogP contribution < -0.4 is 10.8 Å². The average molecular weight is 391 g/mol. The van der Waals surface area contributed by atoms with Crippen molar-refractivity contribution < 1.29 is 29.1 Å². The molecular weight excluding hydrogens is 366 g/mol. The highest BCUT2D eigenvalue weighted by atomic mass is 16.5. The summed E-state index contributed by atoms with van der Waals surface area (Å²) in [6.07, 6.45) is 0.993. The first-order valence-corrected chi connectivity index (χ1v) is 9.13. The van der Waals surface area contributed by atoms with Crippen LogP contribution in [0.4, 0.5) is 0 Å². The number of carbonyl (C=O) groups excluding carboxylic acids is 4. The predicted octanol–water partition coefficient (Wildman–Crippen LogP) is 0.369. The van der Waals surface area contributed by atoms with Crippen LogP contribution in [0.1, 0.15) is 31.7 Å². The summed E-state index contributed by atoms with van der Waals surface area (Å²) in [6, 6.07) is 8.60. The third-order valence-electron chi connectivity index (χ3n) is 4.55. The van der Waals surface area contributed by atoms with Crippen LogP contribution in [0.25, 0.3) is 0 Å². The second-order valence-corrected chi connectivity index (χ2v) is 6.70. The SMILES string of the molecule is CC(CC(=O)NO)C(=O)NCC(=O)N1CCCC1C(=O)OCc1ccccc1. The minimum absolute atomic E-state index is 0.138. The molecule has 9 nitrogen and oxygen atoms in total. The highest BCUT2D eigenvalue weighted by Crippen LogP contribution is 2.19. The van der Waals surface area contributed by atoms with Crippen LogP contribution in [0.15, 0.2) is 30.3 Å². The van der Waals surface area contributed by atoms with Crippen LogP contribution >= 0.6 is 0 Å². The maximum atomic E-state index is 12.4. The van der Waals surface area contributed by atoms with Crippen molar-refractivity contribution in [3.8, 4) is 0 Å². The number of carbonyl (C=O) groups is 4. The molecule has 0 aromatic heterocycles. The molecule has 152 valence electrons. The molecule has 1 aliphatic rings. The smallest absolute Gasteiger partial charge is 0.329 e. The van der Waals surface area contributed by atoms with Crippen molar-refractivity contribution in [1.29, 1.82) is 0 Å². The van der Waals surface area contributed by atoms with Gasteiger partial charge < -0.3 is 15.0 Å². The van der Waals surface area contributed by atoms with Gasteiger partial charge in [0.2, 0.25) is 17.7 Å². The summed E-state index contributed by atoms with van der Waals surface area (Å²) in [5, 5.41) is 11.0. The Balaban J connectivity index is 1.82. The van der Waals surface area contributed by atoms with Gasteiger partial charge in [-0.05, 0) is 18.4 Å². The normalized spacial score (nSPS) is 16.9. The van der Waals surface area contributed by atoms with E-state index in [2.05, 4.69) is 5.32 Å². The van der Waals surface area contributed by atoms with Crippen LogP contribution in [-0.2, 0) is 30.5 Å². The molecular formula is C19H25N3O6. The fraction of sp³-hybridized carbons (Fsp3) is 0.474. The molecule has 0 saturated carbocycles. The molecule has 1 aromatic carbocycles. The highest BCUT2D eigenvalue weighted by molar-refractivity contribution is 5.90. The molecule has 0 aliphatic carbocycles. The molecule has 3 amide bonds. The predicted molar refractivity (Wildman–Crippen MR) is 97.7 cm³/mol. The highest BCUT2D eigenvalue weighted by Gasteiger charge is 2.35. The lowest BCUT2D eigenvalue weighted by molar-refractivity contribution is -0.154. The summed E-state index contributed by atoms with van der Waals surface area (Å²) in [5.74, 6) is -2.72. The maximum absolute atomic E-state index is 12.4. The van der Waals surface area contributed by atoms with Crippen LogP contribution in [0.5, 0.6) is 0 Å². The minimum Gasteiger partial charge on any atom is -0.459 e. The fourth-order valence-corrected chi connectivity index (χ4v) is 2.99. The van der Waals surface area contributed by atoms with Crippen molar-refractivity contribution in [1.82, 2.24) is 15.7 Å². The molecule has 9 heteroatoms. The third kappa shape index (κ3) is 6.05. The Morgan fingerprint density at radius 1 is 1.25 bits per heavy atom. The van der Waals surface area contributed by atoms with Crippen molar-refractivity contribution in [3.05, 3.63) is 35.9 Å². The zero-order chi connectivity index (χ0) is 20.5. The average Bonchev–Trinajstić information content (AvgIpc) is 3.20. The summed E-state index contributed by atoms with van der Waals surface area (Å²) >= 11 is 0. The van der Waals surface area contributed by atoms with Gasteiger partial charge in [0.25, 0.3) is 0 Å². The molecule has 0 spiro atoms. The second kappa shape index (κ2) is 10.4. The van der Waals surface area contributed by atoms with Crippen molar-refractivity contribution in [2.45, 2.75) is 38.8 Å². The van der Waals surface area contributed by atoms with Gasteiger partial charge in [-0.25, -0.2) is 10.3 Å². The zero-order valence-corrected chi connectivity index (χ0v) is 15.7. The van der Waals surface area contributed by atoms with Gasteiger partial charge in [-0.3, -0.25) is 19.6 Å². The standard InChI is InChI=1S/C19H25N3O6/c1-13(10-16(23)21-27)18(25)20-11-17(24)22-9-5-8-15(22)19(26)28-12-14-6-3-2-4-7-14/h2-4,6-7,13,15,27H,5,8-12H2,1H3,(H,20,25)(H,21,23). The number of benzene rings is 1. The molecule has 1 heterocycles. The topological polar surface area (TPSA) is 125 Å². The summed E-state index contributed by atoms with van der Waals surface area (Å²) < 4.78 is 5.32. The van der Waals surface area contributed by atoms with E-state index in [0.717, 1.165) is 5.56 Å². The Kier molecular flexibility index (Phi) is 7.94. The van der Waals surface area contributed by atoms with E-state index in [9.17, 15) is 19.2 Å². The molecule has 1 saturated heterocycles. The van der Waals surface area contributed by atoms with Crippen molar-refractivity contribution >= 4 is 23.7 Å². The van der Waals surface area contributed by atoms with E-state index in [0.29, 0.717) is 19.4 Å². The first-order valence-electron chi connectivity index (χ1n) is 9.13. The Hall–Kier alpha value is -2.94. The van der Waals surface area contributed by atoms with Gasteiger partial charge in [-0.15, -0.1) is 0 Å². The molecule has 0 bridgehead atoms. The number of hydrogen-bond donors (Lipinski definition) is 3. The summed E-state index contributed by atoms with van der Waals surface area (Å²) in [5.41, 5.74) is 2.32. The van der Waals surface area contributed by atoms with E-state index in [1.807, 2.05) is 30.3 Å². The number of amides is 3. The van der Waals surface area contributed by atoms with Crippen LogP contribution in [0.2, 0.25) is 0 Å². The van der Waals surface area contributed by atoms with Gasteiger partial charge >= 0.3 is 5.97 Å². The van der Waals surface area contributed by atoms with E-state index in [1.165, 1.54) is 17.3 Å². The van der Waals surface area contributed by atoms with Crippen LogP contribution in [0, 0.1) is 5.92 Å². The Bertz CT molecular complexity index is 709. The quantitative estimate of drug-likeness (QED) is 0.334. The Labute approximate surface area is 163 Å². The second-order valence-electron chi connectivity index (χ2n) is 6.70. The van der Waals surface area contributed by atoms with Gasteiger partial charge in [0, 0.05) is 18.9 Å². The van der Waals surface area contributed by atoms with Gasteiger partial charge in [0.1, 0.15) is 12.6 Å². The van der Waals surface area contributed by atoms with Gasteiger partial charge in [0.05, 0.1) is 6.54 Å². The lowest BCUT2D eigenvalue weighted by Crippen LogP contribution is -2.46. The molecule has 2 atom stereocenters. The summed E-state index contributed by atoms with van der Waals surface area (Å²) in [6.45, 7) is 1.79. The van der Waals surface area contributed by atoms with Crippen molar-refractivity contribution in [2.24, 2.45) is 5.92 Å². The van der Waals surface area contributed by atoms with E-state index in [4.69, 9.17) is 9.94 Å². The van der Waals surface area contributed by atoms with Crippen LogP contribution in [0.3, 0.4) is 0 Å². The lowest BCUT2D eigenvalue weighted by atomic mass is 10.1. The zero-order valence-electron chi connectivity index (χ0n) is 15.7. The van der Waals surface area contributed by atoms with Gasteiger partial charge in [-0.1, -0.05) is 37.3 Å². The number of likely N-dealkylation sites (tertiary alicyclic amines) is 1. The summed E-state index contributed by atoms with van der Waals surface area (Å²) in [7, 11) is 0. The number of nitrogens with one attached hydrogen (secondary N) is 2. The Morgan fingerprint density at radius 3 is 2.64 bits per heavy atom. The van der Waals surface area contributed by atoms with Gasteiger partial charge in [-0.2, -0.15) is 0 Å². The number of hydrogen-bond acceptors (Lipinski definition) is 6. The molecule has 0 radical (unpaired) electrons. The fourth-order valence-electron chi connectivity index (χ4n) is 2.99. The van der Waals surface area contributed by atoms with Crippen molar-refractivity contribution in [2.75, 3.05) is 13.1 Å². The molecule has 28 heavy (non-hydrogen) atoms. The number of ether oxygens (including phenoxy) is 1. The minimum atomic E-state index is -0.704. The van der Waals surface area contributed by atoms with E-state index >= 15 is 0 Å².